The van der Waals surface area contributed by atoms with E-state index in [1.807, 2.05) is 0 Å². The Morgan fingerprint density at radius 1 is 0.784 bits per heavy atom. The Kier molecular flexibility index (Phi) is 8.15. The normalized spacial score (nSPS) is 14.8. The summed E-state index contributed by atoms with van der Waals surface area (Å²) in [6.07, 6.45) is 2.62. The molecule has 2 N–H and O–H groups in total. The molecule has 4 rings (SSSR count). The van der Waals surface area contributed by atoms with Crippen molar-refractivity contribution in [2.75, 3.05) is 23.1 Å². The minimum absolute atomic E-state index is 0.0348. The first-order valence-electron chi connectivity index (χ1n) is 11.5. The topological polar surface area (TPSA) is 113 Å². The highest BCUT2D eigenvalue weighted by Crippen LogP contribution is 2.26. The second-order valence-electron chi connectivity index (χ2n) is 8.68. The van der Waals surface area contributed by atoms with Gasteiger partial charge in [-0.3, -0.25) is 9.52 Å². The predicted molar refractivity (Wildman–Crippen MR) is 145 cm³/mol. The van der Waals surface area contributed by atoms with E-state index < -0.39 is 26.0 Å². The lowest BCUT2D eigenvalue weighted by Gasteiger charge is -2.26. The zero-order chi connectivity index (χ0) is 26.8. The Labute approximate surface area is 226 Å². The number of hydrogen-bond acceptors (Lipinski definition) is 5. The standard InChI is InChI=1S/C25H25Cl2N3O5S2/c1-17-5-8-23(37(34,35)30-11-3-2-4-12-30)16-24(17)25(31)28-20-6-9-22(10-7-20)36(32,33)29-21-14-18(26)13-19(27)15-21/h5-10,13-16,29H,2-4,11-12H2,1H3,(H,28,31). The van der Waals surface area contributed by atoms with Gasteiger partial charge in [0.15, 0.2) is 0 Å². The molecule has 0 radical (unpaired) electrons. The molecule has 1 fully saturated rings. The molecule has 1 aliphatic heterocycles. The summed E-state index contributed by atoms with van der Waals surface area (Å²) in [6.45, 7) is 2.65. The van der Waals surface area contributed by atoms with Crippen LogP contribution in [0, 0.1) is 6.92 Å². The maximum atomic E-state index is 13.0. The second-order valence-corrected chi connectivity index (χ2v) is 13.2. The predicted octanol–water partition coefficient (Wildman–Crippen LogP) is 5.53. The molecule has 1 heterocycles. The fourth-order valence-corrected chi connectivity index (χ4v) is 7.11. The Morgan fingerprint density at radius 3 is 2.00 bits per heavy atom. The summed E-state index contributed by atoms with van der Waals surface area (Å²) in [5, 5.41) is 3.27. The lowest BCUT2D eigenvalue weighted by Crippen LogP contribution is -2.35. The van der Waals surface area contributed by atoms with Gasteiger partial charge in [-0.2, -0.15) is 4.31 Å². The van der Waals surface area contributed by atoms with Crippen molar-refractivity contribution in [3.63, 3.8) is 0 Å². The number of aryl methyl sites for hydroxylation is 1. The van der Waals surface area contributed by atoms with Crippen LogP contribution >= 0.6 is 23.2 Å². The first-order chi connectivity index (χ1) is 17.5. The van der Waals surface area contributed by atoms with E-state index in [1.165, 1.54) is 58.9 Å². The Balaban J connectivity index is 1.50. The Bertz CT molecular complexity index is 1520. The number of carbonyl (C=O) groups is 1. The third-order valence-corrected chi connectivity index (χ3v) is 9.67. The minimum atomic E-state index is -3.94. The molecule has 0 atom stereocenters. The van der Waals surface area contributed by atoms with Crippen molar-refractivity contribution in [2.45, 2.75) is 36.0 Å². The molecular formula is C25H25Cl2N3O5S2. The SMILES string of the molecule is Cc1ccc(S(=O)(=O)N2CCCCC2)cc1C(=O)Nc1ccc(S(=O)(=O)Nc2cc(Cl)cc(Cl)c2)cc1. The molecule has 0 bridgehead atoms. The van der Waals surface area contributed by atoms with Crippen LogP contribution in [0.2, 0.25) is 10.0 Å². The summed E-state index contributed by atoms with van der Waals surface area (Å²) in [5.74, 6) is -0.504. The number of piperidine rings is 1. The molecule has 0 unspecified atom stereocenters. The summed E-state index contributed by atoms with van der Waals surface area (Å²) >= 11 is 11.9. The van der Waals surface area contributed by atoms with Crippen molar-refractivity contribution in [2.24, 2.45) is 0 Å². The molecule has 1 aliphatic rings. The fourth-order valence-electron chi connectivity index (χ4n) is 4.00. The van der Waals surface area contributed by atoms with Gasteiger partial charge in [0.2, 0.25) is 10.0 Å². The number of nitrogens with zero attached hydrogens (tertiary/aromatic N) is 1. The smallest absolute Gasteiger partial charge is 0.261 e. The van der Waals surface area contributed by atoms with E-state index in [4.69, 9.17) is 23.2 Å². The molecule has 8 nitrogen and oxygen atoms in total. The van der Waals surface area contributed by atoms with Crippen molar-refractivity contribution in [1.82, 2.24) is 4.31 Å². The van der Waals surface area contributed by atoms with Crippen LogP contribution < -0.4 is 10.0 Å². The van der Waals surface area contributed by atoms with Gasteiger partial charge in [-0.25, -0.2) is 16.8 Å². The first kappa shape index (κ1) is 27.4. The van der Waals surface area contributed by atoms with Gasteiger partial charge in [0, 0.05) is 34.4 Å². The maximum Gasteiger partial charge on any atom is 0.261 e. The average molecular weight is 583 g/mol. The second kappa shape index (κ2) is 11.0. The van der Waals surface area contributed by atoms with Gasteiger partial charge in [0.1, 0.15) is 0 Å². The molecule has 0 aromatic heterocycles. The van der Waals surface area contributed by atoms with E-state index in [2.05, 4.69) is 10.0 Å². The largest absolute Gasteiger partial charge is 0.322 e. The van der Waals surface area contributed by atoms with Crippen molar-refractivity contribution < 1.29 is 21.6 Å². The number of benzene rings is 3. The van der Waals surface area contributed by atoms with E-state index in [9.17, 15) is 21.6 Å². The average Bonchev–Trinajstić information content (AvgIpc) is 2.84. The highest BCUT2D eigenvalue weighted by molar-refractivity contribution is 7.92. The summed E-state index contributed by atoms with van der Waals surface area (Å²) in [6, 6.07) is 14.4. The van der Waals surface area contributed by atoms with Crippen molar-refractivity contribution in [3.05, 3.63) is 81.8 Å². The van der Waals surface area contributed by atoms with Crippen LogP contribution in [0.4, 0.5) is 11.4 Å². The molecule has 3 aromatic rings. The molecule has 196 valence electrons. The van der Waals surface area contributed by atoms with Crippen LogP contribution in [0.1, 0.15) is 35.2 Å². The van der Waals surface area contributed by atoms with Gasteiger partial charge in [0.05, 0.1) is 15.5 Å². The van der Waals surface area contributed by atoms with Crippen LogP contribution in [-0.4, -0.2) is 40.1 Å². The van der Waals surface area contributed by atoms with E-state index in [0.717, 1.165) is 19.3 Å². The number of amides is 1. The number of anilines is 2. The summed E-state index contributed by atoms with van der Waals surface area (Å²) in [4.78, 5) is 13.0. The van der Waals surface area contributed by atoms with E-state index in [1.54, 1.807) is 13.0 Å². The molecule has 0 aliphatic carbocycles. The number of hydrogen-bond donors (Lipinski definition) is 2. The first-order valence-corrected chi connectivity index (χ1v) is 15.1. The van der Waals surface area contributed by atoms with Gasteiger partial charge in [-0.1, -0.05) is 35.7 Å². The lowest BCUT2D eigenvalue weighted by molar-refractivity contribution is 0.102. The third-order valence-electron chi connectivity index (χ3n) is 5.94. The van der Waals surface area contributed by atoms with Gasteiger partial charge in [-0.15, -0.1) is 0 Å². The molecule has 3 aromatic carbocycles. The highest BCUT2D eigenvalue weighted by Gasteiger charge is 2.27. The van der Waals surface area contributed by atoms with E-state index in [-0.39, 0.29) is 31.1 Å². The monoisotopic (exact) mass is 581 g/mol. The number of carbonyl (C=O) groups excluding carboxylic acids is 1. The van der Waals surface area contributed by atoms with E-state index >= 15 is 0 Å². The maximum absolute atomic E-state index is 13.0. The Morgan fingerprint density at radius 2 is 1.38 bits per heavy atom. The van der Waals surface area contributed by atoms with Crippen LogP contribution in [-0.2, 0) is 20.0 Å². The van der Waals surface area contributed by atoms with Gasteiger partial charge >= 0.3 is 0 Å². The lowest BCUT2D eigenvalue weighted by atomic mass is 10.1. The summed E-state index contributed by atoms with van der Waals surface area (Å²) in [7, 11) is -7.63. The zero-order valence-corrected chi connectivity index (χ0v) is 23.0. The summed E-state index contributed by atoms with van der Waals surface area (Å²) < 4.78 is 55.4. The number of sulfonamides is 2. The summed E-state index contributed by atoms with van der Waals surface area (Å²) in [5.41, 5.74) is 1.39. The number of nitrogens with one attached hydrogen (secondary N) is 2. The fraction of sp³-hybridized carbons (Fsp3) is 0.240. The van der Waals surface area contributed by atoms with Gasteiger partial charge < -0.3 is 5.32 Å². The quantitative estimate of drug-likeness (QED) is 0.381. The minimum Gasteiger partial charge on any atom is -0.322 e. The van der Waals surface area contributed by atoms with Crippen LogP contribution in [0.3, 0.4) is 0 Å². The van der Waals surface area contributed by atoms with Crippen LogP contribution in [0.5, 0.6) is 0 Å². The van der Waals surface area contributed by atoms with Crippen LogP contribution in [0.25, 0.3) is 0 Å². The van der Waals surface area contributed by atoms with Gasteiger partial charge in [-0.05, 0) is 79.9 Å². The zero-order valence-electron chi connectivity index (χ0n) is 19.9. The third kappa shape index (κ3) is 6.45. The number of halogens is 2. The van der Waals surface area contributed by atoms with Crippen LogP contribution in [0.15, 0.2) is 70.5 Å². The van der Waals surface area contributed by atoms with Crippen molar-refractivity contribution in [3.8, 4) is 0 Å². The molecule has 1 saturated heterocycles. The molecule has 37 heavy (non-hydrogen) atoms. The van der Waals surface area contributed by atoms with Crippen molar-refractivity contribution >= 4 is 60.5 Å². The molecule has 0 saturated carbocycles. The number of rotatable bonds is 7. The van der Waals surface area contributed by atoms with Gasteiger partial charge in [0.25, 0.3) is 15.9 Å². The van der Waals surface area contributed by atoms with E-state index in [0.29, 0.717) is 24.3 Å². The molecule has 12 heteroatoms. The molecular weight excluding hydrogens is 557 g/mol. The Hall–Kier alpha value is -2.63. The van der Waals surface area contributed by atoms with Crippen molar-refractivity contribution in [1.29, 1.82) is 0 Å². The highest BCUT2D eigenvalue weighted by atomic mass is 35.5. The molecule has 1 amide bonds. The molecule has 0 spiro atoms.